The molecule has 2 amide bonds. The van der Waals surface area contributed by atoms with Crippen LogP contribution in [0, 0.1) is 0 Å². The van der Waals surface area contributed by atoms with Gasteiger partial charge in [-0.2, -0.15) is 0 Å². The molecule has 9 N–H and O–H groups in total. The number of nitrogens with two attached hydrogens (primary N) is 3. The lowest BCUT2D eigenvalue weighted by Gasteiger charge is -2.49. The minimum Gasteiger partial charge on any atom is -0.478 e. The Balaban J connectivity index is 1.56. The third-order valence-corrected chi connectivity index (χ3v) is 7.73. The fourth-order valence-electron chi connectivity index (χ4n) is 3.61. The van der Waals surface area contributed by atoms with Crippen molar-refractivity contribution < 1.29 is 38.8 Å². The highest BCUT2D eigenvalue weighted by Gasteiger charge is 2.54. The summed E-state index contributed by atoms with van der Waals surface area (Å²) in [7, 11) is 0. The molecule has 2 aliphatic heterocycles. The lowest BCUT2D eigenvalue weighted by atomic mass is 10.0. The molecule has 1 unspecified atom stereocenters. The Labute approximate surface area is 228 Å². The Bertz CT molecular complexity index is 1440. The Morgan fingerprint density at radius 3 is 2.62 bits per heavy atom. The molecular formula is C21H24N9O7S2+. The van der Waals surface area contributed by atoms with E-state index >= 15 is 0 Å². The van der Waals surface area contributed by atoms with Crippen molar-refractivity contribution in [3.05, 3.63) is 34.9 Å². The molecule has 0 spiro atoms. The van der Waals surface area contributed by atoms with Crippen molar-refractivity contribution in [1.82, 2.24) is 20.2 Å². The van der Waals surface area contributed by atoms with Gasteiger partial charge in [-0.05, 0) is 18.8 Å². The predicted octanol–water partition coefficient (Wildman–Crippen LogP) is -1.41. The summed E-state index contributed by atoms with van der Waals surface area (Å²) in [5.74, 6) is -3.81. The highest BCUT2D eigenvalue weighted by molar-refractivity contribution is 8.00. The Morgan fingerprint density at radius 2 is 2.03 bits per heavy atom. The number of nitrogens with one attached hydrogen (secondary N) is 1. The monoisotopic (exact) mass is 578 g/mol. The zero-order valence-corrected chi connectivity index (χ0v) is 22.2. The van der Waals surface area contributed by atoms with Crippen molar-refractivity contribution in [3.8, 4) is 0 Å². The summed E-state index contributed by atoms with van der Waals surface area (Å²) in [5.41, 5.74) is 15.4. The van der Waals surface area contributed by atoms with Gasteiger partial charge in [0, 0.05) is 16.7 Å². The van der Waals surface area contributed by atoms with Crippen molar-refractivity contribution >= 4 is 69.2 Å². The van der Waals surface area contributed by atoms with Crippen LogP contribution in [0.4, 0.5) is 16.6 Å². The molecule has 0 bridgehead atoms. The minimum atomic E-state index is -1.77. The lowest BCUT2D eigenvalue weighted by Crippen LogP contribution is -2.71. The van der Waals surface area contributed by atoms with E-state index in [2.05, 4.69) is 20.4 Å². The van der Waals surface area contributed by atoms with Gasteiger partial charge in [-0.3, -0.25) is 14.5 Å². The number of carboxylic acid groups (broad SMARTS) is 2. The molecule has 18 heteroatoms. The maximum atomic E-state index is 13.2. The fraction of sp³-hybridized carbons (Fsp3) is 0.333. The Morgan fingerprint density at radius 1 is 1.31 bits per heavy atom. The van der Waals surface area contributed by atoms with E-state index in [0.717, 1.165) is 16.2 Å². The van der Waals surface area contributed by atoms with Crippen molar-refractivity contribution in [2.45, 2.75) is 37.4 Å². The van der Waals surface area contributed by atoms with Crippen LogP contribution in [0.3, 0.4) is 0 Å². The molecular weight excluding hydrogens is 554 g/mol. The fourth-order valence-corrected chi connectivity index (χ4v) is 5.49. The molecule has 2 aromatic heterocycles. The number of oxime groups is 1. The highest BCUT2D eigenvalue weighted by atomic mass is 32.2. The van der Waals surface area contributed by atoms with Crippen molar-refractivity contribution in [2.75, 3.05) is 23.0 Å². The number of fused-ring (bicyclic) bond motifs is 1. The summed E-state index contributed by atoms with van der Waals surface area (Å²) in [6.45, 7) is 2.57. The van der Waals surface area contributed by atoms with Crippen LogP contribution in [-0.2, 0) is 30.6 Å². The first-order valence-corrected chi connectivity index (χ1v) is 13.0. The number of hydrogen-bond donors (Lipinski definition) is 6. The van der Waals surface area contributed by atoms with Crippen LogP contribution in [0.1, 0.15) is 19.5 Å². The summed E-state index contributed by atoms with van der Waals surface area (Å²) in [6, 6.07) is -1.09. The van der Waals surface area contributed by atoms with Crippen LogP contribution in [0.2, 0.25) is 0 Å². The number of carbonyl (C=O) groups excluding carboxylic acids is 2. The number of aromatic nitrogens is 3. The van der Waals surface area contributed by atoms with E-state index in [9.17, 15) is 29.4 Å². The summed E-state index contributed by atoms with van der Waals surface area (Å²) in [5, 5.41) is 26.2. The van der Waals surface area contributed by atoms with E-state index in [4.69, 9.17) is 22.0 Å². The van der Waals surface area contributed by atoms with Gasteiger partial charge in [0.2, 0.25) is 5.60 Å². The maximum absolute atomic E-state index is 13.2. The molecule has 0 saturated carbocycles. The summed E-state index contributed by atoms with van der Waals surface area (Å²) < 4.78 is 1.55. The second-order valence-electron chi connectivity index (χ2n) is 8.92. The number of nitrogens with zero attached hydrogens (tertiary/aromatic N) is 5. The smallest absolute Gasteiger partial charge is 0.352 e. The van der Waals surface area contributed by atoms with Gasteiger partial charge < -0.3 is 37.6 Å². The number of anilines is 3. The summed E-state index contributed by atoms with van der Waals surface area (Å²) in [4.78, 5) is 63.9. The van der Waals surface area contributed by atoms with Crippen LogP contribution in [0.25, 0.3) is 0 Å². The summed E-state index contributed by atoms with van der Waals surface area (Å²) in [6.07, 6.45) is 2.90. The maximum Gasteiger partial charge on any atom is 0.352 e. The quantitative estimate of drug-likeness (QED) is 0.0867. The standard InChI is InChI=1S/C21H23N9O7S2/c1-21(2,19(35)36)37-28-11(10-6-39-20(24)26-10)15(31)27-12-16(32)30-13(18(33)34)8(5-38-17(12)30)3-29-4-9(22)14(23)25-7-29/h4,6-7,12,17,23H,3,5,22H2,1-2H3,(H5,24,26,27,31,33,34,35,36)/p+1/b28-11-/t12-,17?/m1/s1. The Hall–Kier alpha value is -4.45. The normalized spacial score (nSPS) is 19.3. The number of amides is 2. The molecule has 1 fully saturated rings. The van der Waals surface area contributed by atoms with Gasteiger partial charge in [0.05, 0.1) is 0 Å². The Kier molecular flexibility index (Phi) is 7.33. The average molecular weight is 579 g/mol. The van der Waals surface area contributed by atoms with Gasteiger partial charge >= 0.3 is 11.9 Å². The van der Waals surface area contributed by atoms with Crippen molar-refractivity contribution in [2.24, 2.45) is 5.16 Å². The predicted molar refractivity (Wildman–Crippen MR) is 139 cm³/mol. The van der Waals surface area contributed by atoms with Crippen LogP contribution in [-0.4, -0.2) is 77.3 Å². The van der Waals surface area contributed by atoms with E-state index in [1.165, 1.54) is 43.5 Å². The number of carboxylic acids is 2. The summed E-state index contributed by atoms with van der Waals surface area (Å²) >= 11 is 2.27. The topological polar surface area (TPSA) is 253 Å². The number of β-lactam (4-membered cyclic amide) rings is 1. The van der Waals surface area contributed by atoms with Gasteiger partial charge in [-0.1, -0.05) is 5.16 Å². The zero-order valence-electron chi connectivity index (χ0n) is 20.5. The third kappa shape index (κ3) is 5.41. The van der Waals surface area contributed by atoms with E-state index in [1.807, 2.05) is 0 Å². The first-order valence-electron chi connectivity index (χ1n) is 11.1. The highest BCUT2D eigenvalue weighted by Crippen LogP contribution is 2.40. The lowest BCUT2D eigenvalue weighted by molar-refractivity contribution is -0.691. The van der Waals surface area contributed by atoms with Gasteiger partial charge in [-0.25, -0.2) is 19.1 Å². The first kappa shape index (κ1) is 27.6. The van der Waals surface area contributed by atoms with E-state index in [1.54, 1.807) is 4.57 Å². The van der Waals surface area contributed by atoms with E-state index in [-0.39, 0.29) is 40.3 Å². The van der Waals surface area contributed by atoms with Crippen LogP contribution < -0.4 is 27.1 Å². The van der Waals surface area contributed by atoms with Crippen LogP contribution in [0.5, 0.6) is 0 Å². The first-order chi connectivity index (χ1) is 18.3. The molecule has 0 radical (unpaired) electrons. The number of aliphatic carboxylic acids is 2. The number of nitrogen functional groups attached to an aromatic ring is 3. The van der Waals surface area contributed by atoms with E-state index < -0.39 is 46.5 Å². The molecule has 0 aliphatic carbocycles. The molecule has 0 aromatic carbocycles. The minimum absolute atomic E-state index is 0.0120. The SMILES string of the molecule is CC(C)(O/N=C(\C(=O)N[C@@H]1C(=O)N2C(C(=O)O)=C(C[n+]3cnc(N)c(N)c3)CSC12)c1csc(N)n1)C(=O)O. The second-order valence-corrected chi connectivity index (χ2v) is 10.9. The van der Waals surface area contributed by atoms with Gasteiger partial charge in [0.15, 0.2) is 10.8 Å². The molecule has 4 rings (SSSR count). The molecule has 1 saturated heterocycles. The average Bonchev–Trinajstić information content (AvgIpc) is 3.29. The van der Waals surface area contributed by atoms with Crippen molar-refractivity contribution in [3.63, 3.8) is 0 Å². The van der Waals surface area contributed by atoms with Gasteiger partial charge in [0.25, 0.3) is 24.0 Å². The third-order valence-electron chi connectivity index (χ3n) is 5.72. The van der Waals surface area contributed by atoms with Crippen LogP contribution in [0.15, 0.2) is 34.3 Å². The number of hydrogen-bond acceptors (Lipinski definition) is 13. The van der Waals surface area contributed by atoms with Crippen LogP contribution >= 0.6 is 23.1 Å². The van der Waals surface area contributed by atoms with Gasteiger partial charge in [-0.15, -0.1) is 23.1 Å². The largest absolute Gasteiger partial charge is 0.478 e. The van der Waals surface area contributed by atoms with Crippen molar-refractivity contribution in [1.29, 1.82) is 0 Å². The zero-order chi connectivity index (χ0) is 28.6. The molecule has 16 nitrogen and oxygen atoms in total. The van der Waals surface area contributed by atoms with Gasteiger partial charge in [0.1, 0.15) is 41.2 Å². The number of carbonyl (C=O) groups is 4. The molecule has 206 valence electrons. The van der Waals surface area contributed by atoms with E-state index in [0.29, 0.717) is 5.57 Å². The number of rotatable bonds is 9. The molecule has 2 aliphatic rings. The number of thiazole rings is 1. The molecule has 2 aromatic rings. The molecule has 39 heavy (non-hydrogen) atoms. The molecule has 4 heterocycles. The molecule has 2 atom stereocenters. The second kappa shape index (κ2) is 10.4. The number of thioether (sulfide) groups is 1.